The summed E-state index contributed by atoms with van der Waals surface area (Å²) in [6, 6.07) is 12.8. The number of anilines is 1. The smallest absolute Gasteiger partial charge is 0.337 e. The standard InChI is InChI=1S/C21H22N2O5/c1-27-21(26)16-6-4-15(5-7-16)20(25)23-17-10-8-14(9-11-17)19(24)22-13-18-3-2-12-28-18/h4-11,18H,2-3,12-13H2,1H3,(H,22,24)(H,23,25)/t18-/m1/s1. The molecule has 1 atom stereocenters. The summed E-state index contributed by atoms with van der Waals surface area (Å²) >= 11 is 0. The summed E-state index contributed by atoms with van der Waals surface area (Å²) in [5, 5.41) is 5.61. The molecule has 1 saturated heterocycles. The van der Waals surface area contributed by atoms with Gasteiger partial charge in [-0.3, -0.25) is 9.59 Å². The van der Waals surface area contributed by atoms with Gasteiger partial charge in [-0.1, -0.05) is 0 Å². The highest BCUT2D eigenvalue weighted by Gasteiger charge is 2.16. The summed E-state index contributed by atoms with van der Waals surface area (Å²) in [5.41, 5.74) is 1.86. The first-order chi connectivity index (χ1) is 13.6. The first-order valence-electron chi connectivity index (χ1n) is 9.06. The van der Waals surface area contributed by atoms with E-state index in [1.165, 1.54) is 19.2 Å². The number of ether oxygens (including phenoxy) is 2. The van der Waals surface area contributed by atoms with Crippen LogP contribution in [0.25, 0.3) is 0 Å². The van der Waals surface area contributed by atoms with Gasteiger partial charge in [0, 0.05) is 30.0 Å². The maximum atomic E-state index is 12.3. The molecule has 2 amide bonds. The molecule has 7 heteroatoms. The van der Waals surface area contributed by atoms with Crippen molar-refractivity contribution in [2.45, 2.75) is 18.9 Å². The highest BCUT2D eigenvalue weighted by atomic mass is 16.5. The number of benzene rings is 2. The lowest BCUT2D eigenvalue weighted by molar-refractivity contribution is 0.0600. The summed E-state index contributed by atoms with van der Waals surface area (Å²) in [5.74, 6) is -0.945. The molecule has 1 aliphatic heterocycles. The topological polar surface area (TPSA) is 93.7 Å². The second-order valence-corrected chi connectivity index (χ2v) is 6.45. The molecule has 0 aliphatic carbocycles. The first-order valence-corrected chi connectivity index (χ1v) is 9.06. The van der Waals surface area contributed by atoms with Crippen LogP contribution in [0.5, 0.6) is 0 Å². The molecule has 0 aromatic heterocycles. The van der Waals surface area contributed by atoms with E-state index in [4.69, 9.17) is 4.74 Å². The molecule has 2 aromatic rings. The Bertz CT molecular complexity index is 840. The Kier molecular flexibility index (Phi) is 6.39. The number of hydrogen-bond acceptors (Lipinski definition) is 5. The third-order valence-electron chi connectivity index (χ3n) is 4.49. The van der Waals surface area contributed by atoms with Crippen molar-refractivity contribution in [3.05, 3.63) is 65.2 Å². The van der Waals surface area contributed by atoms with Gasteiger partial charge in [0.05, 0.1) is 18.8 Å². The Morgan fingerprint density at radius 2 is 1.57 bits per heavy atom. The molecule has 1 aliphatic rings. The predicted molar refractivity (Wildman–Crippen MR) is 103 cm³/mol. The normalized spacial score (nSPS) is 15.7. The molecule has 3 rings (SSSR count). The lowest BCUT2D eigenvalue weighted by Gasteiger charge is -2.11. The monoisotopic (exact) mass is 382 g/mol. The lowest BCUT2D eigenvalue weighted by atomic mass is 10.1. The quantitative estimate of drug-likeness (QED) is 0.749. The summed E-state index contributed by atoms with van der Waals surface area (Å²) in [6.07, 6.45) is 2.08. The molecule has 146 valence electrons. The minimum absolute atomic E-state index is 0.0908. The largest absolute Gasteiger partial charge is 0.465 e. The van der Waals surface area contributed by atoms with Crippen molar-refractivity contribution in [2.75, 3.05) is 25.6 Å². The second kappa shape index (κ2) is 9.14. The number of hydrogen-bond donors (Lipinski definition) is 2. The average molecular weight is 382 g/mol. The Morgan fingerprint density at radius 3 is 2.18 bits per heavy atom. The molecule has 2 N–H and O–H groups in total. The zero-order valence-corrected chi connectivity index (χ0v) is 15.6. The Morgan fingerprint density at radius 1 is 0.964 bits per heavy atom. The Balaban J connectivity index is 1.55. The fraction of sp³-hybridized carbons (Fsp3) is 0.286. The number of carbonyl (C=O) groups excluding carboxylic acids is 3. The highest BCUT2D eigenvalue weighted by Crippen LogP contribution is 2.14. The SMILES string of the molecule is COC(=O)c1ccc(C(=O)Nc2ccc(C(=O)NC[C@H]3CCCO3)cc2)cc1. The van der Waals surface area contributed by atoms with Crippen molar-refractivity contribution in [3.63, 3.8) is 0 Å². The lowest BCUT2D eigenvalue weighted by Crippen LogP contribution is -2.31. The van der Waals surface area contributed by atoms with E-state index in [1.807, 2.05) is 0 Å². The molecule has 28 heavy (non-hydrogen) atoms. The maximum absolute atomic E-state index is 12.3. The van der Waals surface area contributed by atoms with Gasteiger partial charge in [0.25, 0.3) is 11.8 Å². The van der Waals surface area contributed by atoms with Crippen molar-refractivity contribution >= 4 is 23.5 Å². The van der Waals surface area contributed by atoms with Crippen LogP contribution in [-0.4, -0.2) is 44.1 Å². The van der Waals surface area contributed by atoms with Crippen molar-refractivity contribution < 1.29 is 23.9 Å². The fourth-order valence-corrected chi connectivity index (χ4v) is 2.90. The molecule has 2 aromatic carbocycles. The zero-order valence-electron chi connectivity index (χ0n) is 15.6. The molecular weight excluding hydrogens is 360 g/mol. The van der Waals surface area contributed by atoms with Crippen LogP contribution >= 0.6 is 0 Å². The van der Waals surface area contributed by atoms with Crippen LogP contribution in [0.1, 0.15) is 43.9 Å². The minimum atomic E-state index is -0.458. The summed E-state index contributed by atoms with van der Waals surface area (Å²) in [7, 11) is 1.30. The summed E-state index contributed by atoms with van der Waals surface area (Å²) in [4.78, 5) is 35.9. The third-order valence-corrected chi connectivity index (χ3v) is 4.49. The molecule has 1 heterocycles. The van der Waals surface area contributed by atoms with Crippen LogP contribution < -0.4 is 10.6 Å². The van der Waals surface area contributed by atoms with Crippen LogP contribution in [0.2, 0.25) is 0 Å². The number of nitrogens with one attached hydrogen (secondary N) is 2. The van der Waals surface area contributed by atoms with E-state index in [1.54, 1.807) is 36.4 Å². The third kappa shape index (κ3) is 4.95. The van der Waals surface area contributed by atoms with Gasteiger partial charge in [0.15, 0.2) is 0 Å². The number of carbonyl (C=O) groups is 3. The Labute approximate surface area is 163 Å². The van der Waals surface area contributed by atoms with E-state index >= 15 is 0 Å². The number of amides is 2. The number of methoxy groups -OCH3 is 1. The fourth-order valence-electron chi connectivity index (χ4n) is 2.90. The minimum Gasteiger partial charge on any atom is -0.465 e. The molecule has 1 fully saturated rings. The van der Waals surface area contributed by atoms with Crippen LogP contribution in [0.3, 0.4) is 0 Å². The van der Waals surface area contributed by atoms with Crippen LogP contribution in [-0.2, 0) is 9.47 Å². The number of rotatable bonds is 6. The highest BCUT2D eigenvalue weighted by molar-refractivity contribution is 6.05. The van der Waals surface area contributed by atoms with Gasteiger partial charge in [0.2, 0.25) is 0 Å². The van der Waals surface area contributed by atoms with E-state index in [0.29, 0.717) is 28.9 Å². The Hall–Kier alpha value is -3.19. The molecule has 0 saturated carbocycles. The van der Waals surface area contributed by atoms with E-state index in [-0.39, 0.29) is 17.9 Å². The second-order valence-electron chi connectivity index (χ2n) is 6.45. The summed E-state index contributed by atoms with van der Waals surface area (Å²) < 4.78 is 10.1. The van der Waals surface area contributed by atoms with E-state index in [0.717, 1.165) is 19.4 Å². The summed E-state index contributed by atoms with van der Waals surface area (Å²) in [6.45, 7) is 1.25. The first kappa shape index (κ1) is 19.6. The molecule has 7 nitrogen and oxygen atoms in total. The molecule has 0 radical (unpaired) electrons. The van der Waals surface area contributed by atoms with Gasteiger partial charge in [0.1, 0.15) is 0 Å². The van der Waals surface area contributed by atoms with Gasteiger partial charge in [-0.2, -0.15) is 0 Å². The van der Waals surface area contributed by atoms with Crippen LogP contribution in [0, 0.1) is 0 Å². The van der Waals surface area contributed by atoms with E-state index in [2.05, 4.69) is 15.4 Å². The van der Waals surface area contributed by atoms with Crippen molar-refractivity contribution in [3.8, 4) is 0 Å². The molecular formula is C21H22N2O5. The van der Waals surface area contributed by atoms with E-state index in [9.17, 15) is 14.4 Å². The molecule has 0 unspecified atom stereocenters. The van der Waals surface area contributed by atoms with Crippen LogP contribution in [0.15, 0.2) is 48.5 Å². The molecule has 0 bridgehead atoms. The van der Waals surface area contributed by atoms with Gasteiger partial charge in [-0.25, -0.2) is 4.79 Å². The van der Waals surface area contributed by atoms with Gasteiger partial charge in [-0.05, 0) is 61.4 Å². The van der Waals surface area contributed by atoms with Crippen molar-refractivity contribution in [1.29, 1.82) is 0 Å². The van der Waals surface area contributed by atoms with E-state index < -0.39 is 5.97 Å². The molecule has 0 spiro atoms. The van der Waals surface area contributed by atoms with Gasteiger partial charge < -0.3 is 20.1 Å². The van der Waals surface area contributed by atoms with Gasteiger partial charge in [-0.15, -0.1) is 0 Å². The van der Waals surface area contributed by atoms with Gasteiger partial charge >= 0.3 is 5.97 Å². The average Bonchev–Trinajstić information content (AvgIpc) is 3.25. The van der Waals surface area contributed by atoms with Crippen molar-refractivity contribution in [1.82, 2.24) is 5.32 Å². The maximum Gasteiger partial charge on any atom is 0.337 e. The zero-order chi connectivity index (χ0) is 19.9. The van der Waals surface area contributed by atoms with Crippen molar-refractivity contribution in [2.24, 2.45) is 0 Å². The number of esters is 1. The predicted octanol–water partition coefficient (Wildman–Crippen LogP) is 2.63. The van der Waals surface area contributed by atoms with Crippen LogP contribution in [0.4, 0.5) is 5.69 Å².